The fourth-order valence-electron chi connectivity index (χ4n) is 1.81. The van der Waals surface area contributed by atoms with Crippen molar-refractivity contribution < 1.29 is 19.0 Å². The third-order valence-corrected chi connectivity index (χ3v) is 2.90. The van der Waals surface area contributed by atoms with Gasteiger partial charge in [0, 0.05) is 18.8 Å². The molecule has 106 valence electrons. The van der Waals surface area contributed by atoms with E-state index in [1.165, 1.54) is 30.1 Å². The van der Waals surface area contributed by atoms with Crippen LogP contribution in [0.3, 0.4) is 0 Å². The highest BCUT2D eigenvalue weighted by Gasteiger charge is 2.14. The van der Waals surface area contributed by atoms with E-state index in [0.29, 0.717) is 11.4 Å². The Balaban J connectivity index is 2.17. The molecule has 1 aromatic heterocycles. The van der Waals surface area contributed by atoms with Crippen molar-refractivity contribution >= 4 is 11.7 Å². The first-order valence-electron chi connectivity index (χ1n) is 5.84. The van der Waals surface area contributed by atoms with E-state index in [9.17, 15) is 9.18 Å². The van der Waals surface area contributed by atoms with Crippen molar-refractivity contribution in [1.29, 1.82) is 0 Å². The van der Waals surface area contributed by atoms with Crippen LogP contribution in [0, 0.1) is 5.82 Å². The van der Waals surface area contributed by atoms with Gasteiger partial charge in [0.05, 0.1) is 25.5 Å². The molecule has 0 unspecified atom stereocenters. The maximum Gasteiger partial charge on any atom is 0.339 e. The predicted octanol–water partition coefficient (Wildman–Crippen LogP) is 1.88. The molecule has 1 aromatic carbocycles. The number of aryl methyl sites for hydroxylation is 1. The molecule has 0 aliphatic rings. The lowest BCUT2D eigenvalue weighted by Gasteiger charge is -2.09. The van der Waals surface area contributed by atoms with Crippen LogP contribution in [0.4, 0.5) is 10.1 Å². The summed E-state index contributed by atoms with van der Waals surface area (Å²) in [4.78, 5) is 11.0. The third kappa shape index (κ3) is 2.71. The Morgan fingerprint density at radius 1 is 1.55 bits per heavy atom. The second kappa shape index (κ2) is 5.60. The Hall–Kier alpha value is -2.57. The lowest BCUT2D eigenvalue weighted by atomic mass is 10.2. The summed E-state index contributed by atoms with van der Waals surface area (Å²) < 4.78 is 19.6. The van der Waals surface area contributed by atoms with E-state index in [0.717, 1.165) is 0 Å². The number of benzene rings is 1. The number of hydrogen-bond acceptors (Lipinski definition) is 4. The minimum atomic E-state index is -1.04. The summed E-state index contributed by atoms with van der Waals surface area (Å²) in [6, 6.07) is 4.34. The second-order valence-electron chi connectivity index (χ2n) is 4.14. The number of carbonyl (C=O) groups is 1. The van der Waals surface area contributed by atoms with Gasteiger partial charge in [-0.05, 0) is 12.1 Å². The van der Waals surface area contributed by atoms with Crippen LogP contribution in [-0.2, 0) is 13.6 Å². The quantitative estimate of drug-likeness (QED) is 0.874. The molecule has 20 heavy (non-hydrogen) atoms. The topological polar surface area (TPSA) is 76.4 Å². The second-order valence-corrected chi connectivity index (χ2v) is 4.14. The number of aromatic nitrogens is 2. The number of carboxylic acid groups (broad SMARTS) is 1. The molecule has 0 atom stereocenters. The number of aromatic carboxylic acids is 1. The molecule has 0 fully saturated rings. The number of anilines is 1. The van der Waals surface area contributed by atoms with Gasteiger partial charge < -0.3 is 15.2 Å². The first-order valence-corrected chi connectivity index (χ1v) is 5.84. The van der Waals surface area contributed by atoms with Crippen molar-refractivity contribution in [2.24, 2.45) is 7.05 Å². The first kappa shape index (κ1) is 13.9. The van der Waals surface area contributed by atoms with E-state index in [1.807, 2.05) is 0 Å². The number of nitrogens with zero attached hydrogens (tertiary/aromatic N) is 2. The van der Waals surface area contributed by atoms with Crippen molar-refractivity contribution in [1.82, 2.24) is 9.78 Å². The van der Waals surface area contributed by atoms with Gasteiger partial charge in [0.2, 0.25) is 0 Å². The minimum absolute atomic E-state index is 0.124. The van der Waals surface area contributed by atoms with Gasteiger partial charge in [0.1, 0.15) is 5.56 Å². The van der Waals surface area contributed by atoms with Crippen molar-refractivity contribution in [2.75, 3.05) is 12.4 Å². The molecule has 0 aliphatic heterocycles. The maximum atomic E-state index is 13.3. The van der Waals surface area contributed by atoms with Gasteiger partial charge in [0.15, 0.2) is 11.6 Å². The third-order valence-electron chi connectivity index (χ3n) is 2.90. The SMILES string of the molecule is COc1cc(NCc2c(C(=O)O)cnn2C)ccc1F. The molecule has 0 radical (unpaired) electrons. The van der Waals surface area contributed by atoms with Crippen LogP contribution in [0.15, 0.2) is 24.4 Å². The molecular formula is C13H14FN3O3. The zero-order chi connectivity index (χ0) is 14.7. The van der Waals surface area contributed by atoms with Crippen molar-refractivity contribution in [2.45, 2.75) is 6.54 Å². The summed E-state index contributed by atoms with van der Waals surface area (Å²) in [5.41, 5.74) is 1.29. The molecule has 0 saturated heterocycles. The van der Waals surface area contributed by atoms with Crippen LogP contribution in [0.25, 0.3) is 0 Å². The zero-order valence-corrected chi connectivity index (χ0v) is 11.1. The monoisotopic (exact) mass is 279 g/mol. The fraction of sp³-hybridized carbons (Fsp3) is 0.231. The largest absolute Gasteiger partial charge is 0.494 e. The first-order chi connectivity index (χ1) is 9.52. The number of nitrogens with one attached hydrogen (secondary N) is 1. The van der Waals surface area contributed by atoms with Gasteiger partial charge in [-0.15, -0.1) is 0 Å². The lowest BCUT2D eigenvalue weighted by molar-refractivity contribution is 0.0695. The molecule has 0 bridgehead atoms. The predicted molar refractivity (Wildman–Crippen MR) is 70.4 cm³/mol. The molecule has 2 aromatic rings. The summed E-state index contributed by atoms with van der Waals surface area (Å²) in [6.45, 7) is 0.257. The number of halogens is 1. The summed E-state index contributed by atoms with van der Waals surface area (Å²) >= 11 is 0. The molecule has 7 heteroatoms. The van der Waals surface area contributed by atoms with Crippen molar-refractivity contribution in [3.05, 3.63) is 41.5 Å². The van der Waals surface area contributed by atoms with Crippen molar-refractivity contribution in [3.8, 4) is 5.75 Å². The minimum Gasteiger partial charge on any atom is -0.494 e. The highest BCUT2D eigenvalue weighted by atomic mass is 19.1. The van der Waals surface area contributed by atoms with E-state index in [1.54, 1.807) is 13.1 Å². The van der Waals surface area contributed by atoms with Gasteiger partial charge in [-0.1, -0.05) is 0 Å². The van der Waals surface area contributed by atoms with Crippen LogP contribution in [0.1, 0.15) is 16.1 Å². The van der Waals surface area contributed by atoms with E-state index in [-0.39, 0.29) is 17.9 Å². The average molecular weight is 279 g/mol. The smallest absolute Gasteiger partial charge is 0.339 e. The van der Waals surface area contributed by atoms with E-state index >= 15 is 0 Å². The number of ether oxygens (including phenoxy) is 1. The molecule has 2 N–H and O–H groups in total. The highest BCUT2D eigenvalue weighted by Crippen LogP contribution is 2.22. The van der Waals surface area contributed by atoms with E-state index in [4.69, 9.17) is 9.84 Å². The van der Waals surface area contributed by atoms with E-state index < -0.39 is 11.8 Å². The fourth-order valence-corrected chi connectivity index (χ4v) is 1.81. The molecule has 2 rings (SSSR count). The van der Waals surface area contributed by atoms with E-state index in [2.05, 4.69) is 10.4 Å². The van der Waals surface area contributed by atoms with Gasteiger partial charge in [-0.2, -0.15) is 5.10 Å². The molecule has 0 spiro atoms. The zero-order valence-electron chi connectivity index (χ0n) is 11.1. The Kier molecular flexibility index (Phi) is 3.88. The Morgan fingerprint density at radius 3 is 2.95 bits per heavy atom. The number of rotatable bonds is 5. The number of hydrogen-bond donors (Lipinski definition) is 2. The van der Waals surface area contributed by atoms with Gasteiger partial charge in [0.25, 0.3) is 0 Å². The van der Waals surface area contributed by atoms with Crippen molar-refractivity contribution in [3.63, 3.8) is 0 Å². The van der Waals surface area contributed by atoms with Gasteiger partial charge in [-0.3, -0.25) is 4.68 Å². The number of carboxylic acids is 1. The van der Waals surface area contributed by atoms with Crippen LogP contribution in [0.2, 0.25) is 0 Å². The average Bonchev–Trinajstić information content (AvgIpc) is 2.79. The summed E-state index contributed by atoms with van der Waals surface area (Å²) in [5, 5.41) is 16.0. The maximum absolute atomic E-state index is 13.3. The Bertz CT molecular complexity index is 640. The standard InChI is InChI=1S/C13H14FN3O3/c1-17-11(9(6-16-17)13(18)19)7-15-8-3-4-10(14)12(5-8)20-2/h3-6,15H,7H2,1-2H3,(H,18,19). The molecular weight excluding hydrogens is 265 g/mol. The van der Waals surface area contributed by atoms with Crippen LogP contribution in [-0.4, -0.2) is 28.0 Å². The van der Waals surface area contributed by atoms with Crippen LogP contribution in [0.5, 0.6) is 5.75 Å². The van der Waals surface area contributed by atoms with Gasteiger partial charge in [-0.25, -0.2) is 9.18 Å². The molecule has 0 saturated carbocycles. The highest BCUT2D eigenvalue weighted by molar-refractivity contribution is 5.88. The molecule has 1 heterocycles. The summed E-state index contributed by atoms with van der Waals surface area (Å²) in [7, 11) is 3.04. The van der Waals surface area contributed by atoms with Gasteiger partial charge >= 0.3 is 5.97 Å². The van der Waals surface area contributed by atoms with Crippen LogP contribution >= 0.6 is 0 Å². The van der Waals surface area contributed by atoms with Crippen LogP contribution < -0.4 is 10.1 Å². The molecule has 0 amide bonds. The number of methoxy groups -OCH3 is 1. The molecule has 6 nitrogen and oxygen atoms in total. The Labute approximate surface area is 114 Å². The summed E-state index contributed by atoms with van der Waals surface area (Å²) in [5.74, 6) is -1.37. The normalized spacial score (nSPS) is 10.3. The molecule has 0 aliphatic carbocycles. The Morgan fingerprint density at radius 2 is 2.30 bits per heavy atom. The lowest BCUT2D eigenvalue weighted by Crippen LogP contribution is -2.10. The summed E-state index contributed by atoms with van der Waals surface area (Å²) in [6.07, 6.45) is 1.30.